The first-order valence-corrected chi connectivity index (χ1v) is 5.88. The van der Waals surface area contributed by atoms with Crippen molar-refractivity contribution in [3.05, 3.63) is 21.7 Å². The molecule has 1 aromatic rings. The normalized spacial score (nSPS) is 18.7. The summed E-state index contributed by atoms with van der Waals surface area (Å²) in [5, 5.41) is 10.5. The predicted molar refractivity (Wildman–Crippen MR) is 60.5 cm³/mol. The second-order valence-electron chi connectivity index (χ2n) is 4.22. The Hall–Kier alpha value is -0.930. The number of benzene rings is 1. The summed E-state index contributed by atoms with van der Waals surface area (Å²) < 4.78 is 11.1. The van der Waals surface area contributed by atoms with Crippen LogP contribution in [0, 0.1) is 0 Å². The van der Waals surface area contributed by atoms with Crippen molar-refractivity contribution in [1.82, 2.24) is 0 Å². The van der Waals surface area contributed by atoms with Gasteiger partial charge in [-0.3, -0.25) is 0 Å². The van der Waals surface area contributed by atoms with E-state index in [-0.39, 0.29) is 0 Å². The average Bonchev–Trinajstić information content (AvgIpc) is 2.84. The van der Waals surface area contributed by atoms with E-state index >= 15 is 0 Å². The van der Waals surface area contributed by atoms with Crippen LogP contribution < -0.4 is 9.47 Å². The topological polar surface area (TPSA) is 38.7 Å². The van der Waals surface area contributed by atoms with Crippen molar-refractivity contribution in [2.24, 2.45) is 0 Å². The lowest BCUT2D eigenvalue weighted by atomic mass is 9.96. The van der Waals surface area contributed by atoms with Gasteiger partial charge < -0.3 is 14.6 Å². The zero-order valence-electron chi connectivity index (χ0n) is 9.05. The summed E-state index contributed by atoms with van der Waals surface area (Å²) in [6, 6.07) is 0. The molecule has 2 aliphatic rings. The molecule has 4 heteroatoms. The second-order valence-corrected chi connectivity index (χ2v) is 4.59. The number of rotatable bonds is 1. The van der Waals surface area contributed by atoms with Gasteiger partial charge in [-0.2, -0.15) is 0 Å². The van der Waals surface area contributed by atoms with E-state index in [2.05, 4.69) is 0 Å². The average molecular weight is 241 g/mol. The van der Waals surface area contributed by atoms with Gasteiger partial charge in [-0.25, -0.2) is 0 Å². The van der Waals surface area contributed by atoms with Crippen LogP contribution in [-0.4, -0.2) is 18.3 Å². The Labute approximate surface area is 98.9 Å². The van der Waals surface area contributed by atoms with Crippen LogP contribution in [0.2, 0.25) is 5.02 Å². The Balaban J connectivity index is 2.31. The molecular weight excluding hydrogens is 228 g/mol. The number of fused-ring (bicyclic) bond motifs is 2. The van der Waals surface area contributed by atoms with Gasteiger partial charge in [-0.1, -0.05) is 11.6 Å². The molecule has 3 rings (SSSR count). The van der Waals surface area contributed by atoms with Gasteiger partial charge in [0, 0.05) is 29.5 Å². The van der Waals surface area contributed by atoms with E-state index in [1.54, 1.807) is 6.92 Å². The number of hydrogen-bond acceptors (Lipinski definition) is 3. The molecule has 0 radical (unpaired) electrons. The molecule has 0 saturated heterocycles. The Kier molecular flexibility index (Phi) is 2.26. The molecule has 0 bridgehead atoms. The minimum atomic E-state index is -0.542. The summed E-state index contributed by atoms with van der Waals surface area (Å²) in [5.41, 5.74) is 2.86. The van der Waals surface area contributed by atoms with Gasteiger partial charge in [0.15, 0.2) is 0 Å². The maximum atomic E-state index is 9.86. The van der Waals surface area contributed by atoms with Gasteiger partial charge >= 0.3 is 0 Å². The molecule has 86 valence electrons. The highest BCUT2D eigenvalue weighted by molar-refractivity contribution is 6.33. The van der Waals surface area contributed by atoms with Gasteiger partial charge in [0.1, 0.15) is 11.5 Å². The zero-order chi connectivity index (χ0) is 11.3. The molecule has 16 heavy (non-hydrogen) atoms. The van der Waals surface area contributed by atoms with Crippen LogP contribution in [0.25, 0.3) is 0 Å². The standard InChI is InChI=1S/C12H13ClO3/c1-6(14)9-7-2-4-16-12(7)10(13)8-3-5-15-11(8)9/h6,14H,2-5H2,1H3. The lowest BCUT2D eigenvalue weighted by Gasteiger charge is -2.16. The highest BCUT2D eigenvalue weighted by Crippen LogP contribution is 2.48. The molecular formula is C12H13ClO3. The van der Waals surface area contributed by atoms with Crippen molar-refractivity contribution in [2.45, 2.75) is 25.9 Å². The Morgan fingerprint density at radius 2 is 1.75 bits per heavy atom. The third kappa shape index (κ3) is 1.25. The van der Waals surface area contributed by atoms with E-state index in [0.29, 0.717) is 18.2 Å². The van der Waals surface area contributed by atoms with Crippen LogP contribution in [0.3, 0.4) is 0 Å². The smallest absolute Gasteiger partial charge is 0.142 e. The second kappa shape index (κ2) is 3.54. The van der Waals surface area contributed by atoms with Gasteiger partial charge in [0.2, 0.25) is 0 Å². The molecule has 1 atom stereocenters. The fourth-order valence-corrected chi connectivity index (χ4v) is 2.88. The highest BCUT2D eigenvalue weighted by atomic mass is 35.5. The third-order valence-electron chi connectivity index (χ3n) is 3.20. The van der Waals surface area contributed by atoms with Crippen LogP contribution in [0.5, 0.6) is 11.5 Å². The Morgan fingerprint density at radius 3 is 2.44 bits per heavy atom. The van der Waals surface area contributed by atoms with Crippen LogP contribution in [0.4, 0.5) is 0 Å². The van der Waals surface area contributed by atoms with Crippen molar-refractivity contribution in [3.63, 3.8) is 0 Å². The number of hydrogen-bond donors (Lipinski definition) is 1. The number of aliphatic hydroxyl groups is 1. The van der Waals surface area contributed by atoms with Crippen LogP contribution in [0.15, 0.2) is 0 Å². The van der Waals surface area contributed by atoms with Crippen LogP contribution in [-0.2, 0) is 12.8 Å². The molecule has 1 N–H and O–H groups in total. The highest BCUT2D eigenvalue weighted by Gasteiger charge is 2.32. The predicted octanol–water partition coefficient (Wildman–Crippen LogP) is 2.26. The molecule has 1 aromatic carbocycles. The van der Waals surface area contributed by atoms with E-state index in [0.717, 1.165) is 41.0 Å². The summed E-state index contributed by atoms with van der Waals surface area (Å²) in [6.07, 6.45) is 1.05. The molecule has 0 aromatic heterocycles. The number of aliphatic hydroxyl groups excluding tert-OH is 1. The first-order valence-electron chi connectivity index (χ1n) is 5.51. The molecule has 2 aliphatic heterocycles. The van der Waals surface area contributed by atoms with Crippen molar-refractivity contribution < 1.29 is 14.6 Å². The van der Waals surface area contributed by atoms with E-state index in [9.17, 15) is 5.11 Å². The summed E-state index contributed by atoms with van der Waals surface area (Å²) in [7, 11) is 0. The largest absolute Gasteiger partial charge is 0.492 e. The van der Waals surface area contributed by atoms with Crippen molar-refractivity contribution >= 4 is 11.6 Å². The third-order valence-corrected chi connectivity index (χ3v) is 3.60. The lowest BCUT2D eigenvalue weighted by Crippen LogP contribution is -2.01. The van der Waals surface area contributed by atoms with E-state index in [1.165, 1.54) is 0 Å². The molecule has 0 saturated carbocycles. The molecule has 2 heterocycles. The summed E-state index contributed by atoms with van der Waals surface area (Å²) in [5.74, 6) is 1.53. The number of ether oxygens (including phenoxy) is 2. The fourth-order valence-electron chi connectivity index (χ4n) is 2.53. The molecule has 1 unspecified atom stereocenters. The van der Waals surface area contributed by atoms with E-state index < -0.39 is 6.10 Å². The van der Waals surface area contributed by atoms with E-state index in [4.69, 9.17) is 21.1 Å². The molecule has 0 spiro atoms. The monoisotopic (exact) mass is 240 g/mol. The minimum absolute atomic E-state index is 0.542. The first kappa shape index (κ1) is 10.2. The number of halogens is 1. The first-order chi connectivity index (χ1) is 7.70. The van der Waals surface area contributed by atoms with Gasteiger partial charge in [-0.15, -0.1) is 0 Å². The summed E-state index contributed by atoms with van der Waals surface area (Å²) in [4.78, 5) is 0. The molecule has 0 amide bonds. The zero-order valence-corrected chi connectivity index (χ0v) is 9.80. The molecule has 0 fully saturated rings. The fraction of sp³-hybridized carbons (Fsp3) is 0.500. The maximum absolute atomic E-state index is 9.86. The molecule has 0 aliphatic carbocycles. The quantitative estimate of drug-likeness (QED) is 0.819. The van der Waals surface area contributed by atoms with Crippen molar-refractivity contribution in [2.75, 3.05) is 13.2 Å². The summed E-state index contributed by atoms with van der Waals surface area (Å²) in [6.45, 7) is 3.03. The lowest BCUT2D eigenvalue weighted by molar-refractivity contribution is 0.192. The maximum Gasteiger partial charge on any atom is 0.142 e. The Bertz CT molecular complexity index is 419. The van der Waals surface area contributed by atoms with Gasteiger partial charge in [0.25, 0.3) is 0 Å². The van der Waals surface area contributed by atoms with E-state index in [1.807, 2.05) is 0 Å². The summed E-state index contributed by atoms with van der Waals surface area (Å²) >= 11 is 6.29. The minimum Gasteiger partial charge on any atom is -0.492 e. The van der Waals surface area contributed by atoms with Crippen LogP contribution >= 0.6 is 11.6 Å². The van der Waals surface area contributed by atoms with Gasteiger partial charge in [0.05, 0.1) is 24.3 Å². The molecule has 3 nitrogen and oxygen atoms in total. The van der Waals surface area contributed by atoms with Crippen molar-refractivity contribution in [1.29, 1.82) is 0 Å². The van der Waals surface area contributed by atoms with Gasteiger partial charge in [-0.05, 0) is 6.92 Å². The van der Waals surface area contributed by atoms with Crippen LogP contribution in [0.1, 0.15) is 29.7 Å². The van der Waals surface area contributed by atoms with Crippen molar-refractivity contribution in [3.8, 4) is 11.5 Å². The Morgan fingerprint density at radius 1 is 1.12 bits per heavy atom. The SMILES string of the molecule is CC(O)c1c2c(c(Cl)c3c1OCC3)OCC2.